The standard InChI is InChI=1S/C16H11BrN2O3S/c17-14-8-7-12(22-14)15(20)18-10-4-1-2-5-11(10)19-16(21)13-6-3-9-23-13/h1-9H,(H,18,20)(H,19,21). The van der Waals surface area contributed by atoms with Gasteiger partial charge in [-0.3, -0.25) is 9.59 Å². The molecule has 1 aromatic carbocycles. The third kappa shape index (κ3) is 3.69. The van der Waals surface area contributed by atoms with Crippen LogP contribution in [-0.4, -0.2) is 11.8 Å². The van der Waals surface area contributed by atoms with Crippen molar-refractivity contribution in [1.82, 2.24) is 0 Å². The number of para-hydroxylation sites is 2. The average molecular weight is 391 g/mol. The monoisotopic (exact) mass is 390 g/mol. The number of hydrogen-bond acceptors (Lipinski definition) is 4. The molecule has 0 bridgehead atoms. The molecule has 2 N–H and O–H groups in total. The number of furan rings is 1. The van der Waals surface area contributed by atoms with Gasteiger partial charge in [0.25, 0.3) is 11.8 Å². The van der Waals surface area contributed by atoms with E-state index in [0.717, 1.165) is 0 Å². The van der Waals surface area contributed by atoms with Crippen LogP contribution >= 0.6 is 27.3 Å². The van der Waals surface area contributed by atoms with E-state index >= 15 is 0 Å². The minimum atomic E-state index is -0.395. The quantitative estimate of drug-likeness (QED) is 0.683. The number of nitrogens with one attached hydrogen (secondary N) is 2. The second-order valence-corrected chi connectivity index (χ2v) is 6.26. The number of hydrogen-bond donors (Lipinski definition) is 2. The molecule has 116 valence electrons. The molecule has 0 aliphatic rings. The Labute approximate surface area is 144 Å². The van der Waals surface area contributed by atoms with Gasteiger partial charge < -0.3 is 15.1 Å². The molecule has 0 unspecified atom stereocenters. The van der Waals surface area contributed by atoms with Gasteiger partial charge in [-0.25, -0.2) is 0 Å². The smallest absolute Gasteiger partial charge is 0.291 e. The molecule has 0 aliphatic heterocycles. The maximum Gasteiger partial charge on any atom is 0.291 e. The highest BCUT2D eigenvalue weighted by atomic mass is 79.9. The molecule has 0 spiro atoms. The molecule has 0 saturated carbocycles. The van der Waals surface area contributed by atoms with Gasteiger partial charge in [-0.1, -0.05) is 18.2 Å². The van der Waals surface area contributed by atoms with Gasteiger partial charge in [0.1, 0.15) is 0 Å². The third-order valence-corrected chi connectivity index (χ3v) is 4.26. The second kappa shape index (κ2) is 6.80. The largest absolute Gasteiger partial charge is 0.444 e. The summed E-state index contributed by atoms with van der Waals surface area (Å²) in [5.74, 6) is -0.438. The van der Waals surface area contributed by atoms with Crippen LogP contribution in [0.15, 0.2) is 63.0 Å². The maximum absolute atomic E-state index is 12.2. The summed E-state index contributed by atoms with van der Waals surface area (Å²) in [4.78, 5) is 24.9. The van der Waals surface area contributed by atoms with Crippen molar-refractivity contribution in [2.45, 2.75) is 0 Å². The maximum atomic E-state index is 12.2. The van der Waals surface area contributed by atoms with Crippen molar-refractivity contribution in [3.63, 3.8) is 0 Å². The molecule has 0 aliphatic carbocycles. The van der Waals surface area contributed by atoms with E-state index in [4.69, 9.17) is 4.42 Å². The highest BCUT2D eigenvalue weighted by Gasteiger charge is 2.14. The van der Waals surface area contributed by atoms with Gasteiger partial charge in [0, 0.05) is 0 Å². The van der Waals surface area contributed by atoms with E-state index in [1.165, 1.54) is 11.3 Å². The minimum Gasteiger partial charge on any atom is -0.444 e. The first-order valence-electron chi connectivity index (χ1n) is 6.64. The average Bonchev–Trinajstić information content (AvgIpc) is 3.20. The van der Waals surface area contributed by atoms with E-state index < -0.39 is 5.91 Å². The highest BCUT2D eigenvalue weighted by molar-refractivity contribution is 9.10. The molecule has 7 heteroatoms. The molecule has 0 radical (unpaired) electrons. The first-order chi connectivity index (χ1) is 11.1. The summed E-state index contributed by atoms with van der Waals surface area (Å²) in [5, 5.41) is 7.35. The normalized spacial score (nSPS) is 10.3. The number of rotatable bonds is 4. The van der Waals surface area contributed by atoms with Gasteiger partial charge in [0.2, 0.25) is 0 Å². The lowest BCUT2D eigenvalue weighted by Gasteiger charge is -2.11. The van der Waals surface area contributed by atoms with E-state index in [-0.39, 0.29) is 11.7 Å². The third-order valence-electron chi connectivity index (χ3n) is 2.97. The summed E-state index contributed by atoms with van der Waals surface area (Å²) in [7, 11) is 0. The zero-order chi connectivity index (χ0) is 16.2. The SMILES string of the molecule is O=C(Nc1ccccc1NC(=O)c1cccs1)c1ccc(Br)o1. The second-order valence-electron chi connectivity index (χ2n) is 4.53. The Balaban J connectivity index is 1.78. The predicted molar refractivity (Wildman–Crippen MR) is 93.1 cm³/mol. The van der Waals surface area contributed by atoms with E-state index in [2.05, 4.69) is 26.6 Å². The summed E-state index contributed by atoms with van der Waals surface area (Å²) in [6.45, 7) is 0. The van der Waals surface area contributed by atoms with Crippen LogP contribution in [0.2, 0.25) is 0 Å². The van der Waals surface area contributed by atoms with Crippen LogP contribution in [0.25, 0.3) is 0 Å². The number of carbonyl (C=O) groups is 2. The van der Waals surface area contributed by atoms with Crippen molar-refractivity contribution in [2.24, 2.45) is 0 Å². The van der Waals surface area contributed by atoms with Crippen LogP contribution in [0.1, 0.15) is 20.2 Å². The molecule has 2 amide bonds. The molecule has 5 nitrogen and oxygen atoms in total. The molecule has 0 atom stereocenters. The lowest BCUT2D eigenvalue weighted by atomic mass is 10.2. The van der Waals surface area contributed by atoms with Crippen molar-refractivity contribution in [1.29, 1.82) is 0 Å². The lowest BCUT2D eigenvalue weighted by molar-refractivity contribution is 0.0992. The number of halogens is 1. The zero-order valence-corrected chi connectivity index (χ0v) is 14.1. The van der Waals surface area contributed by atoms with Crippen molar-refractivity contribution in [2.75, 3.05) is 10.6 Å². The molecule has 2 aromatic heterocycles. The molecular formula is C16H11BrN2O3S. The molecular weight excluding hydrogens is 380 g/mol. The number of carbonyl (C=O) groups excluding carboxylic acids is 2. The van der Waals surface area contributed by atoms with Crippen LogP contribution in [0, 0.1) is 0 Å². The first-order valence-corrected chi connectivity index (χ1v) is 8.31. The fourth-order valence-electron chi connectivity index (χ4n) is 1.91. The van der Waals surface area contributed by atoms with Gasteiger partial charge in [0.15, 0.2) is 10.4 Å². The Morgan fingerprint density at radius 3 is 2.17 bits per heavy atom. The summed E-state index contributed by atoms with van der Waals surface area (Å²) in [5.41, 5.74) is 1.01. The van der Waals surface area contributed by atoms with E-state index in [1.54, 1.807) is 42.5 Å². The van der Waals surface area contributed by atoms with Gasteiger partial charge in [-0.2, -0.15) is 0 Å². The van der Waals surface area contributed by atoms with E-state index in [9.17, 15) is 9.59 Å². The summed E-state index contributed by atoms with van der Waals surface area (Å²) in [6, 6.07) is 13.7. The first kappa shape index (κ1) is 15.5. The van der Waals surface area contributed by atoms with Crippen LogP contribution in [0.3, 0.4) is 0 Å². The summed E-state index contributed by atoms with van der Waals surface area (Å²) < 4.78 is 5.69. The summed E-state index contributed by atoms with van der Waals surface area (Å²) >= 11 is 4.50. The topological polar surface area (TPSA) is 71.3 Å². The predicted octanol–water partition coefficient (Wildman–Crippen LogP) is 4.61. The number of thiophene rings is 1. The fraction of sp³-hybridized carbons (Fsp3) is 0. The molecule has 3 aromatic rings. The van der Waals surface area contributed by atoms with Gasteiger partial charge in [-0.05, 0) is 51.6 Å². The van der Waals surface area contributed by atoms with Gasteiger partial charge in [-0.15, -0.1) is 11.3 Å². The molecule has 23 heavy (non-hydrogen) atoms. The van der Waals surface area contributed by atoms with Crippen molar-refractivity contribution in [3.8, 4) is 0 Å². The van der Waals surface area contributed by atoms with Gasteiger partial charge in [0.05, 0.1) is 16.3 Å². The van der Waals surface area contributed by atoms with Crippen molar-refractivity contribution >= 4 is 50.5 Å². The Morgan fingerprint density at radius 1 is 0.913 bits per heavy atom. The Morgan fingerprint density at radius 2 is 1.61 bits per heavy atom. The Bertz CT molecular complexity index is 843. The molecule has 0 saturated heterocycles. The van der Waals surface area contributed by atoms with Crippen molar-refractivity contribution in [3.05, 3.63) is 69.2 Å². The van der Waals surface area contributed by atoms with Crippen LogP contribution in [0.4, 0.5) is 11.4 Å². The van der Waals surface area contributed by atoms with Crippen LogP contribution in [-0.2, 0) is 0 Å². The van der Waals surface area contributed by atoms with E-state index in [1.807, 2.05) is 11.4 Å². The molecule has 0 fully saturated rings. The lowest BCUT2D eigenvalue weighted by Crippen LogP contribution is -2.15. The highest BCUT2D eigenvalue weighted by Crippen LogP contribution is 2.24. The zero-order valence-electron chi connectivity index (χ0n) is 11.7. The minimum absolute atomic E-state index is 0.177. The van der Waals surface area contributed by atoms with Crippen LogP contribution < -0.4 is 10.6 Å². The Kier molecular flexibility index (Phi) is 4.59. The number of amides is 2. The van der Waals surface area contributed by atoms with Crippen molar-refractivity contribution < 1.29 is 14.0 Å². The summed E-state index contributed by atoms with van der Waals surface area (Å²) in [6.07, 6.45) is 0. The Hall–Kier alpha value is -2.38. The molecule has 3 rings (SSSR count). The van der Waals surface area contributed by atoms with E-state index in [0.29, 0.717) is 20.9 Å². The molecule has 2 heterocycles. The number of benzene rings is 1. The number of anilines is 2. The van der Waals surface area contributed by atoms with Gasteiger partial charge >= 0.3 is 0 Å². The fourth-order valence-corrected chi connectivity index (χ4v) is 2.84. The van der Waals surface area contributed by atoms with Crippen LogP contribution in [0.5, 0.6) is 0 Å².